The van der Waals surface area contributed by atoms with E-state index in [2.05, 4.69) is 24.0 Å². The van der Waals surface area contributed by atoms with Crippen molar-refractivity contribution in [1.82, 2.24) is 9.88 Å². The number of carbonyl (C=O) groups is 1. The molecule has 6 nitrogen and oxygen atoms in total. The van der Waals surface area contributed by atoms with Crippen LogP contribution in [0.4, 0.5) is 5.13 Å². The number of carbonyl (C=O) groups excluding carboxylic acids is 1. The van der Waals surface area contributed by atoms with Crippen LogP contribution >= 0.6 is 23.7 Å². The summed E-state index contributed by atoms with van der Waals surface area (Å²) in [5.41, 5.74) is 3.09. The lowest BCUT2D eigenvalue weighted by Crippen LogP contribution is -2.39. The summed E-state index contributed by atoms with van der Waals surface area (Å²) in [6.45, 7) is 7.14. The zero-order valence-electron chi connectivity index (χ0n) is 18.6. The first-order valence-corrected chi connectivity index (χ1v) is 11.5. The number of hydrogen-bond acceptors (Lipinski definition) is 6. The Hall–Kier alpha value is -2.19. The predicted octanol–water partition coefficient (Wildman–Crippen LogP) is 4.33. The molecule has 0 saturated carbocycles. The van der Waals surface area contributed by atoms with Crippen LogP contribution in [0.15, 0.2) is 42.5 Å². The van der Waals surface area contributed by atoms with Gasteiger partial charge in [-0.2, -0.15) is 0 Å². The summed E-state index contributed by atoms with van der Waals surface area (Å²) in [4.78, 5) is 22.4. The fourth-order valence-electron chi connectivity index (χ4n) is 3.83. The van der Waals surface area contributed by atoms with Crippen LogP contribution in [0.5, 0.6) is 5.75 Å². The summed E-state index contributed by atoms with van der Waals surface area (Å²) >= 11 is 1.54. The molecule has 1 fully saturated rings. The van der Waals surface area contributed by atoms with Crippen LogP contribution in [0.25, 0.3) is 10.2 Å². The number of thiazole rings is 1. The van der Waals surface area contributed by atoms with Crippen LogP contribution in [0.2, 0.25) is 0 Å². The van der Waals surface area contributed by atoms with Crippen molar-refractivity contribution in [1.29, 1.82) is 0 Å². The Bertz CT molecular complexity index is 1040. The first-order chi connectivity index (χ1) is 15.1. The largest absolute Gasteiger partial charge is 0.497 e. The number of methoxy groups -OCH3 is 1. The van der Waals surface area contributed by atoms with Crippen molar-refractivity contribution < 1.29 is 14.3 Å². The third-order valence-electron chi connectivity index (χ3n) is 5.51. The molecule has 0 N–H and O–H groups in total. The van der Waals surface area contributed by atoms with Crippen molar-refractivity contribution in [2.75, 3.05) is 51.4 Å². The third-order valence-corrected chi connectivity index (χ3v) is 6.56. The number of anilines is 1. The van der Waals surface area contributed by atoms with Gasteiger partial charge in [-0.25, -0.2) is 4.98 Å². The number of aryl methyl sites for hydroxylation is 1. The zero-order chi connectivity index (χ0) is 21.6. The number of halogens is 1. The van der Waals surface area contributed by atoms with Gasteiger partial charge in [0.2, 0.25) is 5.91 Å². The summed E-state index contributed by atoms with van der Waals surface area (Å²) in [6, 6.07) is 14.0. The molecule has 3 aromatic rings. The van der Waals surface area contributed by atoms with Gasteiger partial charge in [-0.3, -0.25) is 14.6 Å². The maximum absolute atomic E-state index is 13.3. The molecule has 4 rings (SSSR count). The normalized spacial score (nSPS) is 14.2. The number of amides is 1. The zero-order valence-corrected chi connectivity index (χ0v) is 20.2. The molecule has 0 bridgehead atoms. The minimum absolute atomic E-state index is 0. The maximum Gasteiger partial charge on any atom is 0.233 e. The van der Waals surface area contributed by atoms with Gasteiger partial charge >= 0.3 is 0 Å². The molecule has 0 spiro atoms. The molecule has 2 heterocycles. The van der Waals surface area contributed by atoms with Crippen LogP contribution in [-0.2, 0) is 16.0 Å². The van der Waals surface area contributed by atoms with Crippen LogP contribution in [-0.4, -0.2) is 62.3 Å². The number of hydrogen-bond donors (Lipinski definition) is 0. The van der Waals surface area contributed by atoms with E-state index >= 15 is 0 Å². The van der Waals surface area contributed by atoms with Crippen LogP contribution in [0, 0.1) is 6.92 Å². The number of benzene rings is 2. The fourth-order valence-corrected chi connectivity index (χ4v) is 4.87. The topological polar surface area (TPSA) is 54.9 Å². The van der Waals surface area contributed by atoms with E-state index in [0.717, 1.165) is 71.5 Å². The van der Waals surface area contributed by atoms with E-state index < -0.39 is 0 Å². The summed E-state index contributed by atoms with van der Waals surface area (Å²) in [5, 5.41) is 0.753. The Balaban J connectivity index is 0.00000289. The van der Waals surface area contributed by atoms with Gasteiger partial charge in [0.05, 0.1) is 37.0 Å². The molecule has 32 heavy (non-hydrogen) atoms. The summed E-state index contributed by atoms with van der Waals surface area (Å²) < 4.78 is 11.8. The Morgan fingerprint density at radius 2 is 2.03 bits per heavy atom. The van der Waals surface area contributed by atoms with E-state index in [1.165, 1.54) is 0 Å². The lowest BCUT2D eigenvalue weighted by atomic mass is 10.1. The standard InChI is InChI=1S/C24H29N3O3S.ClH/c1-18-5-3-6-19(15-18)16-23(28)27(10-4-9-26-11-13-30-14-12-26)24-25-21-8-7-20(29-2)17-22(21)31-24;/h3,5-8,15,17H,4,9-14,16H2,1-2H3;1H. The van der Waals surface area contributed by atoms with Gasteiger partial charge in [0, 0.05) is 26.2 Å². The molecule has 0 unspecified atom stereocenters. The average Bonchev–Trinajstić information content (AvgIpc) is 3.20. The molecule has 0 atom stereocenters. The molecular formula is C24H30ClN3O3S. The number of fused-ring (bicyclic) bond motifs is 1. The summed E-state index contributed by atoms with van der Waals surface area (Å²) in [6.07, 6.45) is 1.28. The highest BCUT2D eigenvalue weighted by molar-refractivity contribution is 7.22. The van der Waals surface area contributed by atoms with Gasteiger partial charge in [-0.1, -0.05) is 41.2 Å². The Kier molecular flexibility index (Phi) is 8.87. The minimum Gasteiger partial charge on any atom is -0.497 e. The number of nitrogens with zero attached hydrogens (tertiary/aromatic N) is 3. The van der Waals surface area contributed by atoms with Crippen molar-refractivity contribution in [3.05, 3.63) is 53.6 Å². The summed E-state index contributed by atoms with van der Waals surface area (Å²) in [5.74, 6) is 0.881. The van der Waals surface area contributed by atoms with Gasteiger partial charge in [0.25, 0.3) is 0 Å². The number of aromatic nitrogens is 1. The van der Waals surface area contributed by atoms with Gasteiger partial charge in [0.15, 0.2) is 5.13 Å². The second-order valence-electron chi connectivity index (χ2n) is 7.85. The van der Waals surface area contributed by atoms with Gasteiger partial charge < -0.3 is 9.47 Å². The molecule has 172 valence electrons. The average molecular weight is 476 g/mol. The van der Waals surface area contributed by atoms with Gasteiger partial charge in [0.1, 0.15) is 5.75 Å². The van der Waals surface area contributed by atoms with E-state index in [4.69, 9.17) is 14.5 Å². The molecule has 1 aromatic heterocycles. The molecule has 2 aromatic carbocycles. The van der Waals surface area contributed by atoms with Crippen molar-refractivity contribution in [3.63, 3.8) is 0 Å². The lowest BCUT2D eigenvalue weighted by Gasteiger charge is -2.27. The Morgan fingerprint density at radius 1 is 1.22 bits per heavy atom. The van der Waals surface area contributed by atoms with Gasteiger partial charge in [-0.15, -0.1) is 12.4 Å². The monoisotopic (exact) mass is 475 g/mol. The molecule has 1 aliphatic rings. The van der Waals surface area contributed by atoms with E-state index in [0.29, 0.717) is 13.0 Å². The predicted molar refractivity (Wildman–Crippen MR) is 133 cm³/mol. The highest BCUT2D eigenvalue weighted by atomic mass is 35.5. The minimum atomic E-state index is 0. The highest BCUT2D eigenvalue weighted by Gasteiger charge is 2.21. The number of rotatable bonds is 8. The molecule has 0 aliphatic carbocycles. The number of morpholine rings is 1. The molecule has 0 radical (unpaired) electrons. The SMILES string of the molecule is COc1ccc2nc(N(CCCN3CCOCC3)C(=O)Cc3cccc(C)c3)sc2c1.Cl. The maximum atomic E-state index is 13.3. The molecule has 1 aliphatic heterocycles. The van der Waals surface area contributed by atoms with Crippen molar-refractivity contribution in [2.24, 2.45) is 0 Å². The second-order valence-corrected chi connectivity index (χ2v) is 8.86. The van der Waals surface area contributed by atoms with Crippen LogP contribution < -0.4 is 9.64 Å². The van der Waals surface area contributed by atoms with Crippen LogP contribution in [0.1, 0.15) is 17.5 Å². The van der Waals surface area contributed by atoms with Crippen LogP contribution in [0.3, 0.4) is 0 Å². The first kappa shape index (κ1) is 24.5. The third kappa shape index (κ3) is 6.19. The van der Waals surface area contributed by atoms with Crippen molar-refractivity contribution >= 4 is 45.0 Å². The molecule has 1 saturated heterocycles. The summed E-state index contributed by atoms with van der Waals surface area (Å²) in [7, 11) is 1.66. The van der Waals surface area contributed by atoms with Gasteiger partial charge in [-0.05, 0) is 37.1 Å². The number of ether oxygens (including phenoxy) is 2. The Morgan fingerprint density at radius 3 is 2.78 bits per heavy atom. The molecular weight excluding hydrogens is 446 g/mol. The van der Waals surface area contributed by atoms with E-state index in [1.807, 2.05) is 35.2 Å². The molecule has 1 amide bonds. The van der Waals surface area contributed by atoms with Crippen molar-refractivity contribution in [3.8, 4) is 5.75 Å². The second kappa shape index (κ2) is 11.6. The van der Waals surface area contributed by atoms with E-state index in [1.54, 1.807) is 18.4 Å². The molecule has 8 heteroatoms. The lowest BCUT2D eigenvalue weighted by molar-refractivity contribution is -0.118. The van der Waals surface area contributed by atoms with Crippen molar-refractivity contribution in [2.45, 2.75) is 19.8 Å². The highest BCUT2D eigenvalue weighted by Crippen LogP contribution is 2.32. The quantitative estimate of drug-likeness (QED) is 0.485. The smallest absolute Gasteiger partial charge is 0.233 e. The first-order valence-electron chi connectivity index (χ1n) is 10.7. The fraction of sp³-hybridized carbons (Fsp3) is 0.417. The van der Waals surface area contributed by atoms with E-state index in [9.17, 15) is 4.79 Å². The Labute approximate surface area is 199 Å². The van der Waals surface area contributed by atoms with E-state index in [-0.39, 0.29) is 18.3 Å².